The summed E-state index contributed by atoms with van der Waals surface area (Å²) in [6, 6.07) is 8.40. The van der Waals surface area contributed by atoms with Crippen molar-refractivity contribution >= 4 is 34.7 Å². The minimum absolute atomic E-state index is 0.102. The fourth-order valence-corrected chi connectivity index (χ4v) is 5.50. The van der Waals surface area contributed by atoms with Gasteiger partial charge in [-0.2, -0.15) is 9.97 Å². The lowest BCUT2D eigenvalue weighted by molar-refractivity contribution is -0.135. The van der Waals surface area contributed by atoms with Crippen molar-refractivity contribution in [3.8, 4) is 5.95 Å². The van der Waals surface area contributed by atoms with Crippen LogP contribution in [0.3, 0.4) is 0 Å². The maximum absolute atomic E-state index is 14.3. The summed E-state index contributed by atoms with van der Waals surface area (Å²) in [7, 11) is 1.54. The summed E-state index contributed by atoms with van der Waals surface area (Å²) < 4.78 is 40.8. The molecule has 1 aromatic carbocycles. The van der Waals surface area contributed by atoms with Gasteiger partial charge in [0.2, 0.25) is 11.9 Å². The van der Waals surface area contributed by atoms with Gasteiger partial charge in [0.15, 0.2) is 5.82 Å². The van der Waals surface area contributed by atoms with Crippen molar-refractivity contribution in [2.24, 2.45) is 0 Å². The van der Waals surface area contributed by atoms with Gasteiger partial charge in [-0.1, -0.05) is 12.1 Å². The summed E-state index contributed by atoms with van der Waals surface area (Å²) in [6.45, 7) is 12.2. The third-order valence-corrected chi connectivity index (χ3v) is 7.68. The number of morpholine rings is 1. The molecule has 2 aliphatic rings. The highest BCUT2D eigenvalue weighted by Crippen LogP contribution is 2.31. The summed E-state index contributed by atoms with van der Waals surface area (Å²) in [5.41, 5.74) is 0.242. The lowest BCUT2D eigenvalue weighted by Crippen LogP contribution is -2.60. The van der Waals surface area contributed by atoms with Crippen molar-refractivity contribution in [1.82, 2.24) is 29.3 Å². The number of imidazole rings is 1. The Morgan fingerprint density at radius 2 is 1.73 bits per heavy atom. The van der Waals surface area contributed by atoms with Crippen molar-refractivity contribution < 1.29 is 27.8 Å². The zero-order chi connectivity index (χ0) is 31.8. The Labute approximate surface area is 255 Å². The first-order valence-electron chi connectivity index (χ1n) is 14.8. The highest BCUT2D eigenvalue weighted by molar-refractivity contribution is 5.83. The number of hydrogen-bond donors (Lipinski definition) is 0. The van der Waals surface area contributed by atoms with E-state index in [1.807, 2.05) is 19.9 Å². The van der Waals surface area contributed by atoms with E-state index in [2.05, 4.69) is 14.8 Å². The fourth-order valence-electron chi connectivity index (χ4n) is 5.50. The summed E-state index contributed by atoms with van der Waals surface area (Å²) >= 11 is 0. The summed E-state index contributed by atoms with van der Waals surface area (Å²) in [4.78, 5) is 46.7. The van der Waals surface area contributed by atoms with E-state index in [4.69, 9.17) is 19.4 Å². The number of alkyl halides is 2. The maximum Gasteiger partial charge on any atom is 0.410 e. The number of carbonyl (C=O) groups is 2. The molecule has 14 heteroatoms. The molecule has 2 aliphatic heterocycles. The average molecular weight is 615 g/mol. The zero-order valence-electron chi connectivity index (χ0n) is 26.0. The van der Waals surface area contributed by atoms with E-state index < -0.39 is 23.9 Å². The van der Waals surface area contributed by atoms with Crippen LogP contribution in [0, 0.1) is 0 Å². The van der Waals surface area contributed by atoms with E-state index in [0.29, 0.717) is 62.1 Å². The van der Waals surface area contributed by atoms with Crippen LogP contribution in [0.2, 0.25) is 0 Å². The first kappa shape index (κ1) is 31.4. The van der Waals surface area contributed by atoms with Crippen molar-refractivity contribution in [2.75, 3.05) is 62.8 Å². The van der Waals surface area contributed by atoms with Crippen molar-refractivity contribution in [2.45, 2.75) is 58.7 Å². The van der Waals surface area contributed by atoms with Gasteiger partial charge in [0.1, 0.15) is 23.8 Å². The topological polar surface area (TPSA) is 109 Å². The molecule has 2 aromatic heterocycles. The first-order chi connectivity index (χ1) is 20.8. The molecule has 2 fully saturated rings. The van der Waals surface area contributed by atoms with Gasteiger partial charge < -0.3 is 29.1 Å². The predicted octanol–water partition coefficient (Wildman–Crippen LogP) is 3.88. The maximum atomic E-state index is 14.3. The number of benzene rings is 1. The molecular formula is C30H40F2N8O4. The molecule has 4 heterocycles. The highest BCUT2D eigenvalue weighted by Gasteiger charge is 2.35. The van der Waals surface area contributed by atoms with Gasteiger partial charge in [-0.3, -0.25) is 9.36 Å². The molecule has 0 spiro atoms. The molecular weight excluding hydrogens is 574 g/mol. The van der Waals surface area contributed by atoms with Gasteiger partial charge in [-0.15, -0.1) is 0 Å². The smallest absolute Gasteiger partial charge is 0.410 e. The predicted molar refractivity (Wildman–Crippen MR) is 161 cm³/mol. The van der Waals surface area contributed by atoms with E-state index in [-0.39, 0.29) is 30.5 Å². The van der Waals surface area contributed by atoms with Gasteiger partial charge in [0, 0.05) is 51.4 Å². The minimum Gasteiger partial charge on any atom is -0.444 e. The molecule has 0 bridgehead atoms. The van der Waals surface area contributed by atoms with Gasteiger partial charge in [0.05, 0.1) is 24.2 Å². The van der Waals surface area contributed by atoms with Crippen LogP contribution in [0.5, 0.6) is 0 Å². The van der Waals surface area contributed by atoms with Crippen LogP contribution in [-0.2, 0) is 14.3 Å². The molecule has 12 nitrogen and oxygen atoms in total. The Morgan fingerprint density at radius 3 is 2.41 bits per heavy atom. The van der Waals surface area contributed by atoms with Crippen LogP contribution in [0.4, 0.5) is 25.2 Å². The lowest BCUT2D eigenvalue weighted by Gasteiger charge is -2.45. The molecule has 0 aliphatic carbocycles. The molecule has 3 aromatic rings. The number of carbonyl (C=O) groups excluding carboxylic acids is 2. The standard InChI is InChI=1S/C30H40F2N8O4/c1-19-17-39(25(41)18-36(6)29(42)44-30(3,4)5)20(2)16-38(19)24-15-23(37-11-13-43-14-12-37)34-28(35-24)40-22-10-8-7-9-21(22)33-27(40)26(31)32/h7-10,15,19-20,26H,11-14,16-18H2,1-6H3. The molecule has 0 saturated carbocycles. The van der Waals surface area contributed by atoms with Gasteiger partial charge in [-0.05, 0) is 46.8 Å². The van der Waals surface area contributed by atoms with Crippen molar-refractivity contribution in [1.29, 1.82) is 0 Å². The molecule has 5 rings (SSSR count). The number of rotatable bonds is 6. The minimum atomic E-state index is -2.84. The number of nitrogens with zero attached hydrogens (tertiary/aromatic N) is 8. The summed E-state index contributed by atoms with van der Waals surface area (Å²) in [6.07, 6.45) is -3.40. The second kappa shape index (κ2) is 12.5. The highest BCUT2D eigenvalue weighted by atomic mass is 19.3. The van der Waals surface area contributed by atoms with Gasteiger partial charge in [0.25, 0.3) is 6.43 Å². The summed E-state index contributed by atoms with van der Waals surface area (Å²) in [5.74, 6) is 0.643. The number of hydrogen-bond acceptors (Lipinski definition) is 9. The molecule has 2 saturated heterocycles. The van der Waals surface area contributed by atoms with E-state index in [1.165, 1.54) is 9.47 Å². The number of para-hydroxylation sites is 2. The fraction of sp³-hybridized carbons (Fsp3) is 0.567. The van der Waals surface area contributed by atoms with Crippen LogP contribution in [0.25, 0.3) is 17.0 Å². The Hall–Kier alpha value is -4.07. The number of likely N-dealkylation sites (N-methyl/N-ethyl adjacent to an activating group) is 1. The molecule has 2 unspecified atom stereocenters. The number of aromatic nitrogens is 4. The van der Waals surface area contributed by atoms with Crippen LogP contribution < -0.4 is 9.80 Å². The Morgan fingerprint density at radius 1 is 1.05 bits per heavy atom. The van der Waals surface area contributed by atoms with E-state index in [0.717, 1.165) is 0 Å². The number of piperazine rings is 1. The van der Waals surface area contributed by atoms with Crippen LogP contribution in [-0.4, -0.2) is 112 Å². The number of fused-ring (bicyclic) bond motifs is 1. The molecule has 0 radical (unpaired) electrons. The molecule has 2 atom stereocenters. The molecule has 0 N–H and O–H groups in total. The van der Waals surface area contributed by atoms with E-state index >= 15 is 0 Å². The zero-order valence-corrected chi connectivity index (χ0v) is 26.0. The van der Waals surface area contributed by atoms with Crippen molar-refractivity contribution in [3.63, 3.8) is 0 Å². The van der Waals surface area contributed by atoms with E-state index in [1.54, 1.807) is 57.0 Å². The molecule has 238 valence electrons. The number of anilines is 2. The number of ether oxygens (including phenoxy) is 2. The number of halogens is 2. The first-order valence-corrected chi connectivity index (χ1v) is 14.8. The Balaban J connectivity index is 1.45. The quantitative estimate of drug-likeness (QED) is 0.409. The van der Waals surface area contributed by atoms with Gasteiger partial charge in [-0.25, -0.2) is 18.6 Å². The monoisotopic (exact) mass is 614 g/mol. The SMILES string of the molecule is CC1CN(c2cc(N3CCOCC3)nc(-n3c(C(F)F)nc4ccccc43)n2)C(C)CN1C(=O)CN(C)C(=O)OC(C)(C)C. The normalized spacial score (nSPS) is 19.5. The largest absolute Gasteiger partial charge is 0.444 e. The van der Waals surface area contributed by atoms with E-state index in [9.17, 15) is 18.4 Å². The van der Waals surface area contributed by atoms with Crippen LogP contribution in [0.15, 0.2) is 30.3 Å². The Kier molecular flexibility index (Phi) is 8.91. The second-order valence-corrected chi connectivity index (χ2v) is 12.3. The van der Waals surface area contributed by atoms with Gasteiger partial charge >= 0.3 is 6.09 Å². The second-order valence-electron chi connectivity index (χ2n) is 12.3. The third-order valence-electron chi connectivity index (χ3n) is 7.68. The third kappa shape index (κ3) is 6.69. The van der Waals surface area contributed by atoms with Crippen molar-refractivity contribution in [3.05, 3.63) is 36.2 Å². The average Bonchev–Trinajstić information content (AvgIpc) is 3.37. The van der Waals surface area contributed by atoms with Crippen LogP contribution >= 0.6 is 0 Å². The Bertz CT molecular complexity index is 1500. The number of amides is 2. The van der Waals surface area contributed by atoms with Crippen LogP contribution in [0.1, 0.15) is 46.9 Å². The molecule has 2 amide bonds. The lowest BCUT2D eigenvalue weighted by atomic mass is 10.1. The molecule has 44 heavy (non-hydrogen) atoms. The summed E-state index contributed by atoms with van der Waals surface area (Å²) in [5, 5.41) is 0.